The molecule has 0 spiro atoms. The number of primary amides is 1. The van der Waals surface area contributed by atoms with Gasteiger partial charge in [0, 0.05) is 6.42 Å². The van der Waals surface area contributed by atoms with E-state index < -0.39 is 0 Å². The third kappa shape index (κ3) is 9.08. The summed E-state index contributed by atoms with van der Waals surface area (Å²) in [7, 11) is 0. The van der Waals surface area contributed by atoms with E-state index in [9.17, 15) is 4.79 Å². The molecule has 0 heterocycles. The molecule has 8 heavy (non-hydrogen) atoms. The number of unbranched alkanes of at least 4 members (excludes halogenated alkanes) is 1. The number of rotatable bonds is 3. The molecule has 0 aliphatic carbocycles. The summed E-state index contributed by atoms with van der Waals surface area (Å²) in [6.45, 7) is 2.03. The van der Waals surface area contributed by atoms with Gasteiger partial charge in [-0.05, 0) is 6.42 Å². The van der Waals surface area contributed by atoms with Gasteiger partial charge in [-0.2, -0.15) is 0 Å². The van der Waals surface area contributed by atoms with Crippen LogP contribution in [-0.2, 0) is 4.79 Å². The van der Waals surface area contributed by atoms with E-state index in [0.717, 1.165) is 12.8 Å². The molecule has 0 aromatic carbocycles. The summed E-state index contributed by atoms with van der Waals surface area (Å²) in [4.78, 5) is 9.98. The fraction of sp³-hybridized carbons (Fsp3) is 0.833. The van der Waals surface area contributed by atoms with Crippen molar-refractivity contribution in [3.05, 3.63) is 0 Å². The molecule has 0 rings (SSSR count). The number of hydrogen-bond donors (Lipinski definition) is 1. The van der Waals surface area contributed by atoms with E-state index in [4.69, 9.17) is 5.73 Å². The van der Waals surface area contributed by atoms with Gasteiger partial charge in [-0.1, -0.05) is 20.8 Å². The van der Waals surface area contributed by atoms with Gasteiger partial charge >= 0.3 is 0 Å². The predicted molar refractivity (Wildman–Crippen MR) is 35.5 cm³/mol. The lowest BCUT2D eigenvalue weighted by Crippen LogP contribution is -2.09. The first kappa shape index (κ1) is 10.5. The minimum atomic E-state index is -0.193. The van der Waals surface area contributed by atoms with Crippen molar-refractivity contribution in [1.29, 1.82) is 0 Å². The van der Waals surface area contributed by atoms with E-state index in [-0.39, 0.29) is 13.3 Å². The number of nitrogens with two attached hydrogens (primary N) is 1. The summed E-state index contributed by atoms with van der Waals surface area (Å²) in [5.74, 6) is -0.193. The van der Waals surface area contributed by atoms with Crippen molar-refractivity contribution in [2.24, 2.45) is 5.73 Å². The molecular weight excluding hydrogens is 102 g/mol. The lowest BCUT2D eigenvalue weighted by atomic mass is 10.2. The Hall–Kier alpha value is -0.530. The van der Waals surface area contributed by atoms with Crippen LogP contribution in [0.4, 0.5) is 0 Å². The maximum atomic E-state index is 9.98. The van der Waals surface area contributed by atoms with Crippen LogP contribution in [0.5, 0.6) is 0 Å². The molecule has 0 aliphatic heterocycles. The van der Waals surface area contributed by atoms with E-state index in [0.29, 0.717) is 6.42 Å². The molecule has 2 N–H and O–H groups in total. The Kier molecular flexibility index (Phi) is 8.45. The van der Waals surface area contributed by atoms with Gasteiger partial charge in [0.15, 0.2) is 0 Å². The standard InChI is InChI=1S/C5H11NO.CH4/c1-2-3-4-5(6)7;/h2-4H2,1H3,(H2,6,7);1H4. The third-order valence-corrected chi connectivity index (χ3v) is 0.777. The Morgan fingerprint density at radius 2 is 2.12 bits per heavy atom. The molecule has 50 valence electrons. The van der Waals surface area contributed by atoms with Crippen molar-refractivity contribution in [3.63, 3.8) is 0 Å². The highest BCUT2D eigenvalue weighted by atomic mass is 16.1. The second-order valence-electron chi connectivity index (χ2n) is 1.57. The first-order chi connectivity index (χ1) is 3.27. The minimum absolute atomic E-state index is 0. The van der Waals surface area contributed by atoms with E-state index in [1.165, 1.54) is 0 Å². The van der Waals surface area contributed by atoms with Gasteiger partial charge < -0.3 is 5.73 Å². The number of carbonyl (C=O) groups is 1. The molecule has 0 bridgehead atoms. The highest BCUT2D eigenvalue weighted by Gasteiger charge is 1.88. The van der Waals surface area contributed by atoms with Crippen LogP contribution in [0.15, 0.2) is 0 Å². The maximum Gasteiger partial charge on any atom is 0.217 e. The molecule has 2 nitrogen and oxygen atoms in total. The van der Waals surface area contributed by atoms with Crippen LogP contribution in [0.3, 0.4) is 0 Å². The van der Waals surface area contributed by atoms with E-state index in [1.54, 1.807) is 0 Å². The highest BCUT2D eigenvalue weighted by molar-refractivity contribution is 5.73. The third-order valence-electron chi connectivity index (χ3n) is 0.777. The van der Waals surface area contributed by atoms with Crippen LogP contribution in [-0.4, -0.2) is 5.91 Å². The van der Waals surface area contributed by atoms with Gasteiger partial charge in [0.2, 0.25) is 5.91 Å². The van der Waals surface area contributed by atoms with Crippen LogP contribution < -0.4 is 5.73 Å². The number of carbonyl (C=O) groups excluding carboxylic acids is 1. The molecule has 0 radical (unpaired) electrons. The zero-order valence-corrected chi connectivity index (χ0v) is 4.61. The Morgan fingerprint density at radius 3 is 2.25 bits per heavy atom. The molecule has 0 aliphatic rings. The molecule has 2 heteroatoms. The molecule has 0 saturated carbocycles. The number of amides is 1. The normalized spacial score (nSPS) is 7.62. The second kappa shape index (κ2) is 6.47. The summed E-state index contributed by atoms with van der Waals surface area (Å²) < 4.78 is 0. The van der Waals surface area contributed by atoms with E-state index in [1.807, 2.05) is 6.92 Å². The molecule has 0 fully saturated rings. The van der Waals surface area contributed by atoms with Gasteiger partial charge in [0.05, 0.1) is 0 Å². The van der Waals surface area contributed by atoms with E-state index in [2.05, 4.69) is 0 Å². The van der Waals surface area contributed by atoms with Crippen LogP contribution >= 0.6 is 0 Å². The van der Waals surface area contributed by atoms with Crippen molar-refractivity contribution >= 4 is 5.91 Å². The fourth-order valence-electron chi connectivity index (χ4n) is 0.351. The summed E-state index contributed by atoms with van der Waals surface area (Å²) in [6, 6.07) is 0. The first-order valence-corrected chi connectivity index (χ1v) is 2.55. The first-order valence-electron chi connectivity index (χ1n) is 2.55. The second-order valence-corrected chi connectivity index (χ2v) is 1.57. The van der Waals surface area contributed by atoms with Crippen LogP contribution in [0.25, 0.3) is 0 Å². The van der Waals surface area contributed by atoms with Gasteiger partial charge in [0.25, 0.3) is 0 Å². The summed E-state index contributed by atoms with van der Waals surface area (Å²) >= 11 is 0. The SMILES string of the molecule is C.CCCCC(N)=O. The van der Waals surface area contributed by atoms with E-state index >= 15 is 0 Å². The molecule has 0 aromatic rings. The van der Waals surface area contributed by atoms with Crippen LogP contribution in [0.2, 0.25) is 0 Å². The van der Waals surface area contributed by atoms with Crippen LogP contribution in [0, 0.1) is 0 Å². The summed E-state index contributed by atoms with van der Waals surface area (Å²) in [5.41, 5.74) is 4.84. The Balaban J connectivity index is 0. The maximum absolute atomic E-state index is 9.98. The molecule has 0 saturated heterocycles. The van der Waals surface area contributed by atoms with Crippen molar-refractivity contribution in [3.8, 4) is 0 Å². The predicted octanol–water partition coefficient (Wildman–Crippen LogP) is 1.30. The van der Waals surface area contributed by atoms with Crippen molar-refractivity contribution in [1.82, 2.24) is 0 Å². The van der Waals surface area contributed by atoms with Crippen LogP contribution in [0.1, 0.15) is 33.6 Å². The molecule has 1 amide bonds. The molecule has 0 atom stereocenters. The smallest absolute Gasteiger partial charge is 0.217 e. The summed E-state index contributed by atoms with van der Waals surface area (Å²) in [5, 5.41) is 0. The minimum Gasteiger partial charge on any atom is -0.370 e. The summed E-state index contributed by atoms with van der Waals surface area (Å²) in [6.07, 6.45) is 2.51. The Morgan fingerprint density at radius 1 is 1.62 bits per heavy atom. The Bertz CT molecular complexity index is 61.5. The Labute approximate surface area is 51.1 Å². The van der Waals surface area contributed by atoms with Crippen molar-refractivity contribution in [2.75, 3.05) is 0 Å². The average Bonchev–Trinajstić information content (AvgIpc) is 1.61. The zero-order chi connectivity index (χ0) is 5.70. The van der Waals surface area contributed by atoms with Gasteiger partial charge in [-0.25, -0.2) is 0 Å². The van der Waals surface area contributed by atoms with Gasteiger partial charge in [-0.3, -0.25) is 4.79 Å². The molecular formula is C6H15NO. The quantitative estimate of drug-likeness (QED) is 0.594. The molecule has 0 unspecified atom stereocenters. The zero-order valence-electron chi connectivity index (χ0n) is 4.61. The highest BCUT2D eigenvalue weighted by Crippen LogP contribution is 1.89. The lowest BCUT2D eigenvalue weighted by molar-refractivity contribution is -0.118. The lowest BCUT2D eigenvalue weighted by Gasteiger charge is -1.86. The monoisotopic (exact) mass is 117 g/mol. The van der Waals surface area contributed by atoms with Gasteiger partial charge in [0.1, 0.15) is 0 Å². The largest absolute Gasteiger partial charge is 0.370 e. The molecule has 0 aromatic heterocycles. The topological polar surface area (TPSA) is 43.1 Å². The van der Waals surface area contributed by atoms with Gasteiger partial charge in [-0.15, -0.1) is 0 Å². The van der Waals surface area contributed by atoms with Crippen molar-refractivity contribution in [2.45, 2.75) is 33.6 Å². The fourth-order valence-corrected chi connectivity index (χ4v) is 0.351. The average molecular weight is 117 g/mol. The van der Waals surface area contributed by atoms with Crippen molar-refractivity contribution < 1.29 is 4.79 Å². The number of hydrogen-bond acceptors (Lipinski definition) is 1.